The predicted octanol–water partition coefficient (Wildman–Crippen LogP) is 2.21. The second-order valence-corrected chi connectivity index (χ2v) is 5.61. The summed E-state index contributed by atoms with van der Waals surface area (Å²) in [5.41, 5.74) is 1.89. The predicted molar refractivity (Wildman–Crippen MR) is 90.1 cm³/mol. The molecule has 0 aliphatic carbocycles. The Bertz CT molecular complexity index is 745. The Labute approximate surface area is 145 Å². The number of rotatable bonds is 7. The Morgan fingerprint density at radius 2 is 1.80 bits per heavy atom. The Morgan fingerprint density at radius 1 is 1.00 bits per heavy atom. The van der Waals surface area contributed by atoms with Gasteiger partial charge in [0.1, 0.15) is 13.2 Å². The number of nitrogens with one attached hydrogen (secondary N) is 1. The van der Waals surface area contributed by atoms with Crippen LogP contribution in [0, 0.1) is 0 Å². The monoisotopic (exact) mass is 341 g/mol. The van der Waals surface area contributed by atoms with E-state index in [1.807, 2.05) is 48.5 Å². The lowest BCUT2D eigenvalue weighted by molar-refractivity contribution is -0.145. The average molecular weight is 341 g/mol. The number of aryl methyl sites for hydroxylation is 1. The summed E-state index contributed by atoms with van der Waals surface area (Å²) in [4.78, 5) is 23.5. The number of carbonyl (C=O) groups excluding carboxylic acids is 2. The molecule has 0 saturated carbocycles. The summed E-state index contributed by atoms with van der Waals surface area (Å²) in [6.07, 6.45) is 0.840. The lowest BCUT2D eigenvalue weighted by Gasteiger charge is -2.07. The van der Waals surface area contributed by atoms with Crippen molar-refractivity contribution >= 4 is 11.9 Å². The van der Waals surface area contributed by atoms with Gasteiger partial charge in [0.05, 0.1) is 0 Å². The fraction of sp³-hybridized carbons (Fsp3) is 0.263. The summed E-state index contributed by atoms with van der Waals surface area (Å²) in [5, 5.41) is 2.57. The zero-order valence-corrected chi connectivity index (χ0v) is 13.7. The van der Waals surface area contributed by atoms with E-state index < -0.39 is 5.97 Å². The molecular formula is C19H19NO5. The zero-order valence-electron chi connectivity index (χ0n) is 13.7. The topological polar surface area (TPSA) is 73.9 Å². The van der Waals surface area contributed by atoms with Crippen molar-refractivity contribution in [3.05, 3.63) is 59.7 Å². The van der Waals surface area contributed by atoms with Gasteiger partial charge in [-0.3, -0.25) is 9.59 Å². The van der Waals surface area contributed by atoms with Crippen LogP contribution in [0.1, 0.15) is 17.5 Å². The van der Waals surface area contributed by atoms with E-state index in [9.17, 15) is 9.59 Å². The van der Waals surface area contributed by atoms with Gasteiger partial charge in [-0.05, 0) is 29.7 Å². The molecule has 6 nitrogen and oxygen atoms in total. The smallest absolute Gasteiger partial charge is 0.325 e. The van der Waals surface area contributed by atoms with E-state index in [-0.39, 0.29) is 32.3 Å². The van der Waals surface area contributed by atoms with Gasteiger partial charge in [-0.25, -0.2) is 0 Å². The maximum Gasteiger partial charge on any atom is 0.325 e. The first-order valence-electron chi connectivity index (χ1n) is 8.05. The molecule has 6 heteroatoms. The van der Waals surface area contributed by atoms with Gasteiger partial charge in [-0.15, -0.1) is 0 Å². The summed E-state index contributed by atoms with van der Waals surface area (Å²) >= 11 is 0. The Morgan fingerprint density at radius 3 is 2.64 bits per heavy atom. The third kappa shape index (κ3) is 4.97. The second-order valence-electron chi connectivity index (χ2n) is 5.61. The molecule has 130 valence electrons. The van der Waals surface area contributed by atoms with Crippen LogP contribution in [0.15, 0.2) is 48.5 Å². The van der Waals surface area contributed by atoms with E-state index in [1.165, 1.54) is 0 Å². The van der Waals surface area contributed by atoms with Gasteiger partial charge >= 0.3 is 5.97 Å². The molecule has 1 N–H and O–H groups in total. The van der Waals surface area contributed by atoms with Crippen LogP contribution in [-0.4, -0.2) is 25.2 Å². The van der Waals surface area contributed by atoms with Gasteiger partial charge in [-0.2, -0.15) is 0 Å². The van der Waals surface area contributed by atoms with Gasteiger partial charge < -0.3 is 19.5 Å². The molecule has 0 spiro atoms. The molecule has 1 aliphatic rings. The van der Waals surface area contributed by atoms with Gasteiger partial charge in [0.15, 0.2) is 11.5 Å². The summed E-state index contributed by atoms with van der Waals surface area (Å²) in [6.45, 7) is 0.296. The number of carbonyl (C=O) groups is 2. The highest BCUT2D eigenvalue weighted by molar-refractivity contribution is 5.82. The van der Waals surface area contributed by atoms with Crippen molar-refractivity contribution in [3.63, 3.8) is 0 Å². The number of hydrogen-bond acceptors (Lipinski definition) is 5. The van der Waals surface area contributed by atoms with Crippen LogP contribution < -0.4 is 14.8 Å². The molecule has 25 heavy (non-hydrogen) atoms. The second kappa shape index (κ2) is 8.19. The molecule has 2 aromatic carbocycles. The Kier molecular flexibility index (Phi) is 5.51. The zero-order chi connectivity index (χ0) is 17.5. The molecule has 0 saturated heterocycles. The fourth-order valence-electron chi connectivity index (χ4n) is 2.40. The van der Waals surface area contributed by atoms with Crippen LogP contribution >= 0.6 is 0 Å². The number of fused-ring (bicyclic) bond motifs is 1. The molecule has 0 unspecified atom stereocenters. The largest absolute Gasteiger partial charge is 0.460 e. The van der Waals surface area contributed by atoms with Crippen molar-refractivity contribution in [2.75, 3.05) is 13.3 Å². The molecule has 1 amide bonds. The summed E-state index contributed by atoms with van der Waals surface area (Å²) < 4.78 is 15.7. The van der Waals surface area contributed by atoms with Crippen molar-refractivity contribution in [3.8, 4) is 11.5 Å². The number of ether oxygens (including phenoxy) is 3. The Hall–Kier alpha value is -3.02. The number of amides is 1. The summed E-state index contributed by atoms with van der Waals surface area (Å²) in [7, 11) is 0. The molecule has 3 rings (SSSR count). The first-order valence-corrected chi connectivity index (χ1v) is 8.05. The van der Waals surface area contributed by atoms with Crippen molar-refractivity contribution < 1.29 is 23.8 Å². The SMILES string of the molecule is O=C(CCc1ccc2c(c1)OCO2)NCC(=O)OCc1ccccc1. The molecule has 1 aliphatic heterocycles. The van der Waals surface area contributed by atoms with Crippen LogP contribution in [0.3, 0.4) is 0 Å². The number of hydrogen-bond donors (Lipinski definition) is 1. The van der Waals surface area contributed by atoms with E-state index in [0.717, 1.165) is 16.9 Å². The molecule has 2 aromatic rings. The minimum Gasteiger partial charge on any atom is -0.460 e. The molecule has 0 aromatic heterocycles. The van der Waals surface area contributed by atoms with Crippen LogP contribution in [0.4, 0.5) is 0 Å². The average Bonchev–Trinajstić information content (AvgIpc) is 3.11. The third-order valence-corrected chi connectivity index (χ3v) is 3.75. The van der Waals surface area contributed by atoms with E-state index in [4.69, 9.17) is 14.2 Å². The van der Waals surface area contributed by atoms with E-state index in [2.05, 4.69) is 5.32 Å². The third-order valence-electron chi connectivity index (χ3n) is 3.75. The standard InChI is InChI=1S/C19H19NO5/c21-18(9-7-14-6-8-16-17(10-14)25-13-24-16)20-11-19(22)23-12-15-4-2-1-3-5-15/h1-6,8,10H,7,9,11-13H2,(H,20,21). The highest BCUT2D eigenvalue weighted by Crippen LogP contribution is 2.32. The number of benzene rings is 2. The van der Waals surface area contributed by atoms with Crippen LogP contribution in [0.2, 0.25) is 0 Å². The maximum absolute atomic E-state index is 11.9. The minimum absolute atomic E-state index is 0.132. The first kappa shape index (κ1) is 16.8. The molecule has 1 heterocycles. The lowest BCUT2D eigenvalue weighted by atomic mass is 10.1. The van der Waals surface area contributed by atoms with E-state index in [1.54, 1.807) is 0 Å². The highest BCUT2D eigenvalue weighted by atomic mass is 16.7. The fourth-order valence-corrected chi connectivity index (χ4v) is 2.40. The van der Waals surface area contributed by atoms with E-state index >= 15 is 0 Å². The van der Waals surface area contributed by atoms with Gasteiger partial charge in [-0.1, -0.05) is 36.4 Å². The molecule has 0 bridgehead atoms. The number of esters is 1. The van der Waals surface area contributed by atoms with Crippen LogP contribution in [0.25, 0.3) is 0 Å². The summed E-state index contributed by atoms with van der Waals surface area (Å²) in [6, 6.07) is 15.0. The van der Waals surface area contributed by atoms with Crippen molar-refractivity contribution in [2.45, 2.75) is 19.4 Å². The van der Waals surface area contributed by atoms with Gasteiger partial charge in [0.25, 0.3) is 0 Å². The lowest BCUT2D eigenvalue weighted by Crippen LogP contribution is -2.30. The van der Waals surface area contributed by atoms with Crippen molar-refractivity contribution in [2.24, 2.45) is 0 Å². The maximum atomic E-state index is 11.9. The van der Waals surface area contributed by atoms with E-state index in [0.29, 0.717) is 12.2 Å². The highest BCUT2D eigenvalue weighted by Gasteiger charge is 2.14. The van der Waals surface area contributed by atoms with Crippen molar-refractivity contribution in [1.82, 2.24) is 5.32 Å². The minimum atomic E-state index is -0.458. The molecule has 0 atom stereocenters. The summed E-state index contributed by atoms with van der Waals surface area (Å²) in [5.74, 6) is 0.756. The van der Waals surface area contributed by atoms with Crippen molar-refractivity contribution in [1.29, 1.82) is 0 Å². The normalized spacial score (nSPS) is 11.8. The first-order chi connectivity index (χ1) is 12.2. The van der Waals surface area contributed by atoms with Crippen LogP contribution in [0.5, 0.6) is 11.5 Å². The van der Waals surface area contributed by atoms with Crippen LogP contribution in [-0.2, 0) is 27.4 Å². The molecule has 0 fully saturated rings. The molecule has 0 radical (unpaired) electrons. The Balaban J connectivity index is 1.35. The quantitative estimate of drug-likeness (QED) is 0.782. The van der Waals surface area contributed by atoms with Gasteiger partial charge in [0.2, 0.25) is 12.7 Å². The van der Waals surface area contributed by atoms with Gasteiger partial charge in [0, 0.05) is 6.42 Å². The molecular weight excluding hydrogens is 322 g/mol.